The van der Waals surface area contributed by atoms with Crippen molar-refractivity contribution in [1.82, 2.24) is 10.2 Å². The Morgan fingerprint density at radius 2 is 2.00 bits per heavy atom. The molecule has 1 aromatic heterocycles. The molecule has 0 saturated heterocycles. The van der Waals surface area contributed by atoms with Gasteiger partial charge in [-0.05, 0) is 24.3 Å². The SMILES string of the molecule is COc1ccc(C(=O)Nc2cc(C(=O)O)[nH]n2)cc1. The van der Waals surface area contributed by atoms with Crippen LogP contribution in [0.1, 0.15) is 20.8 Å². The molecule has 7 nitrogen and oxygen atoms in total. The maximum absolute atomic E-state index is 11.8. The third-order valence-corrected chi connectivity index (χ3v) is 2.40. The maximum Gasteiger partial charge on any atom is 0.353 e. The van der Waals surface area contributed by atoms with Gasteiger partial charge in [0, 0.05) is 11.6 Å². The van der Waals surface area contributed by atoms with Crippen molar-refractivity contribution < 1.29 is 19.4 Å². The Kier molecular flexibility index (Phi) is 3.46. The van der Waals surface area contributed by atoms with Crippen molar-refractivity contribution in [2.75, 3.05) is 12.4 Å². The summed E-state index contributed by atoms with van der Waals surface area (Å²) in [7, 11) is 1.53. The first kappa shape index (κ1) is 12.6. The summed E-state index contributed by atoms with van der Waals surface area (Å²) in [5, 5.41) is 17.2. The number of rotatable bonds is 4. The molecule has 98 valence electrons. The van der Waals surface area contributed by atoms with Gasteiger partial charge in [-0.1, -0.05) is 0 Å². The van der Waals surface area contributed by atoms with Crippen molar-refractivity contribution in [1.29, 1.82) is 0 Å². The van der Waals surface area contributed by atoms with Gasteiger partial charge in [0.2, 0.25) is 0 Å². The molecule has 19 heavy (non-hydrogen) atoms. The first-order chi connectivity index (χ1) is 9.10. The Morgan fingerprint density at radius 1 is 1.32 bits per heavy atom. The number of carbonyl (C=O) groups is 2. The minimum atomic E-state index is -1.14. The van der Waals surface area contributed by atoms with Crippen molar-refractivity contribution in [3.8, 4) is 5.75 Å². The molecule has 3 N–H and O–H groups in total. The molecule has 0 aliphatic carbocycles. The molecule has 0 atom stereocenters. The van der Waals surface area contributed by atoms with E-state index in [2.05, 4.69) is 15.5 Å². The summed E-state index contributed by atoms with van der Waals surface area (Å²) in [5.41, 5.74) is 0.325. The lowest BCUT2D eigenvalue weighted by Gasteiger charge is -2.03. The molecule has 0 radical (unpaired) electrons. The van der Waals surface area contributed by atoms with Gasteiger partial charge in [-0.15, -0.1) is 0 Å². The fraction of sp³-hybridized carbons (Fsp3) is 0.0833. The van der Waals surface area contributed by atoms with Gasteiger partial charge >= 0.3 is 5.97 Å². The van der Waals surface area contributed by atoms with E-state index in [9.17, 15) is 9.59 Å². The lowest BCUT2D eigenvalue weighted by Crippen LogP contribution is -2.11. The van der Waals surface area contributed by atoms with Gasteiger partial charge in [-0.25, -0.2) is 4.79 Å². The van der Waals surface area contributed by atoms with Gasteiger partial charge in [0.15, 0.2) is 5.82 Å². The second-order valence-electron chi connectivity index (χ2n) is 3.65. The second-order valence-corrected chi connectivity index (χ2v) is 3.65. The van der Waals surface area contributed by atoms with Crippen LogP contribution in [-0.2, 0) is 0 Å². The third kappa shape index (κ3) is 2.89. The lowest BCUT2D eigenvalue weighted by atomic mass is 10.2. The molecule has 0 spiro atoms. The second kappa shape index (κ2) is 5.21. The van der Waals surface area contributed by atoms with Crippen LogP contribution in [0, 0.1) is 0 Å². The van der Waals surface area contributed by atoms with Crippen LogP contribution in [0.15, 0.2) is 30.3 Å². The molecule has 0 aliphatic heterocycles. The molecule has 7 heteroatoms. The number of nitrogens with zero attached hydrogens (tertiary/aromatic N) is 1. The van der Waals surface area contributed by atoms with E-state index >= 15 is 0 Å². The minimum absolute atomic E-state index is 0.0926. The number of nitrogens with one attached hydrogen (secondary N) is 2. The van der Waals surface area contributed by atoms with E-state index in [1.807, 2.05) is 0 Å². The first-order valence-electron chi connectivity index (χ1n) is 5.34. The van der Waals surface area contributed by atoms with Gasteiger partial charge < -0.3 is 15.2 Å². The Bertz CT molecular complexity index is 604. The predicted octanol–water partition coefficient (Wildman–Crippen LogP) is 1.37. The van der Waals surface area contributed by atoms with E-state index in [0.717, 1.165) is 0 Å². The van der Waals surface area contributed by atoms with Crippen LogP contribution in [0.5, 0.6) is 5.75 Å². The standard InChI is InChI=1S/C12H11N3O4/c1-19-8-4-2-7(3-5-8)11(16)13-10-6-9(12(17)18)14-15-10/h2-6H,1H3,(H,17,18)(H2,13,14,15,16). The van der Waals surface area contributed by atoms with Crippen molar-refractivity contribution >= 4 is 17.7 Å². The largest absolute Gasteiger partial charge is 0.497 e. The van der Waals surface area contributed by atoms with Crippen LogP contribution < -0.4 is 10.1 Å². The molecule has 0 fully saturated rings. The number of aromatic carboxylic acids is 1. The Morgan fingerprint density at radius 3 is 2.53 bits per heavy atom. The molecular formula is C12H11N3O4. The van der Waals surface area contributed by atoms with Crippen LogP contribution in [0.3, 0.4) is 0 Å². The summed E-state index contributed by atoms with van der Waals surface area (Å²) in [4.78, 5) is 22.5. The number of carboxylic acid groups (broad SMARTS) is 1. The molecule has 0 unspecified atom stereocenters. The van der Waals surface area contributed by atoms with Crippen LogP contribution in [-0.4, -0.2) is 34.3 Å². The molecule has 0 saturated carbocycles. The highest BCUT2D eigenvalue weighted by Crippen LogP contribution is 2.13. The average molecular weight is 261 g/mol. The minimum Gasteiger partial charge on any atom is -0.497 e. The van der Waals surface area contributed by atoms with Crippen molar-refractivity contribution in [3.63, 3.8) is 0 Å². The van der Waals surface area contributed by atoms with Crippen LogP contribution >= 0.6 is 0 Å². The number of benzene rings is 1. The Labute approximate surface area is 108 Å². The highest BCUT2D eigenvalue weighted by molar-refractivity contribution is 6.04. The zero-order valence-corrected chi connectivity index (χ0v) is 10.0. The summed E-state index contributed by atoms with van der Waals surface area (Å²) in [6, 6.07) is 7.74. The summed E-state index contributed by atoms with van der Waals surface area (Å²) in [6.07, 6.45) is 0. The Hall–Kier alpha value is -2.83. The number of carboxylic acids is 1. The van der Waals surface area contributed by atoms with Crippen molar-refractivity contribution in [2.45, 2.75) is 0 Å². The average Bonchev–Trinajstić information content (AvgIpc) is 2.87. The van der Waals surface area contributed by atoms with E-state index in [4.69, 9.17) is 9.84 Å². The number of methoxy groups -OCH3 is 1. The normalized spacial score (nSPS) is 9.95. The summed E-state index contributed by atoms with van der Waals surface area (Å²) in [6.45, 7) is 0. The van der Waals surface area contributed by atoms with Crippen LogP contribution in [0.2, 0.25) is 0 Å². The smallest absolute Gasteiger partial charge is 0.353 e. The van der Waals surface area contributed by atoms with E-state index < -0.39 is 5.97 Å². The third-order valence-electron chi connectivity index (χ3n) is 2.40. The Balaban J connectivity index is 2.08. The summed E-state index contributed by atoms with van der Waals surface area (Å²) >= 11 is 0. The highest BCUT2D eigenvalue weighted by atomic mass is 16.5. The van der Waals surface area contributed by atoms with Gasteiger partial charge in [0.1, 0.15) is 11.4 Å². The fourth-order valence-electron chi connectivity index (χ4n) is 1.43. The topological polar surface area (TPSA) is 104 Å². The molecule has 1 heterocycles. The number of hydrogen-bond acceptors (Lipinski definition) is 4. The summed E-state index contributed by atoms with van der Waals surface area (Å²) in [5.74, 6) is -0.730. The molecule has 1 aromatic carbocycles. The van der Waals surface area contributed by atoms with E-state index in [0.29, 0.717) is 11.3 Å². The van der Waals surface area contributed by atoms with E-state index in [1.54, 1.807) is 24.3 Å². The maximum atomic E-state index is 11.8. The zero-order valence-electron chi connectivity index (χ0n) is 10.0. The fourth-order valence-corrected chi connectivity index (χ4v) is 1.43. The monoisotopic (exact) mass is 261 g/mol. The predicted molar refractivity (Wildman–Crippen MR) is 66.5 cm³/mol. The number of ether oxygens (including phenoxy) is 1. The van der Waals surface area contributed by atoms with Crippen LogP contribution in [0.4, 0.5) is 5.82 Å². The molecule has 1 amide bonds. The van der Waals surface area contributed by atoms with E-state index in [-0.39, 0.29) is 17.4 Å². The number of hydrogen-bond donors (Lipinski definition) is 3. The van der Waals surface area contributed by atoms with Gasteiger partial charge in [0.25, 0.3) is 5.91 Å². The van der Waals surface area contributed by atoms with Gasteiger partial charge in [-0.2, -0.15) is 5.10 Å². The molecular weight excluding hydrogens is 250 g/mol. The first-order valence-corrected chi connectivity index (χ1v) is 5.34. The number of H-pyrrole nitrogens is 1. The number of anilines is 1. The van der Waals surface area contributed by atoms with Gasteiger partial charge in [0.05, 0.1) is 7.11 Å². The zero-order chi connectivity index (χ0) is 13.8. The molecule has 2 rings (SSSR count). The quantitative estimate of drug-likeness (QED) is 0.771. The molecule has 0 aliphatic rings. The van der Waals surface area contributed by atoms with Crippen LogP contribution in [0.25, 0.3) is 0 Å². The van der Waals surface area contributed by atoms with Gasteiger partial charge in [-0.3, -0.25) is 9.89 Å². The lowest BCUT2D eigenvalue weighted by molar-refractivity contribution is 0.0690. The number of aromatic amines is 1. The molecule has 2 aromatic rings. The number of aromatic nitrogens is 2. The van der Waals surface area contributed by atoms with Crippen molar-refractivity contribution in [3.05, 3.63) is 41.6 Å². The van der Waals surface area contributed by atoms with Crippen molar-refractivity contribution in [2.24, 2.45) is 0 Å². The van der Waals surface area contributed by atoms with E-state index in [1.165, 1.54) is 13.2 Å². The molecule has 0 bridgehead atoms. The highest BCUT2D eigenvalue weighted by Gasteiger charge is 2.11. The number of amides is 1. The number of carbonyl (C=O) groups excluding carboxylic acids is 1. The summed E-state index contributed by atoms with van der Waals surface area (Å²) < 4.78 is 4.98.